The van der Waals surface area contributed by atoms with Crippen molar-refractivity contribution in [2.24, 2.45) is 5.73 Å². The van der Waals surface area contributed by atoms with Crippen LogP contribution in [0, 0.1) is 6.92 Å². The van der Waals surface area contributed by atoms with Gasteiger partial charge in [-0.1, -0.05) is 46.6 Å². The number of amides is 3. The van der Waals surface area contributed by atoms with Gasteiger partial charge in [-0.05, 0) is 91.3 Å². The quantitative estimate of drug-likeness (QED) is 0.176. The summed E-state index contributed by atoms with van der Waals surface area (Å²) in [5, 5.41) is 5.31. The zero-order valence-electron chi connectivity index (χ0n) is 22.8. The molecule has 1 unspecified atom stereocenters. The van der Waals surface area contributed by atoms with Gasteiger partial charge in [-0.2, -0.15) is 11.8 Å². The zero-order chi connectivity index (χ0) is 26.9. The molecule has 1 aromatic heterocycles. The Morgan fingerprint density at radius 2 is 1.72 bits per heavy atom. The first-order chi connectivity index (χ1) is 17.1. The molecule has 7 heteroatoms. The fourth-order valence-electron chi connectivity index (χ4n) is 3.36. The van der Waals surface area contributed by atoms with Gasteiger partial charge in [-0.3, -0.25) is 10.1 Å². The minimum Gasteiger partial charge on any atom is -0.358 e. The van der Waals surface area contributed by atoms with Gasteiger partial charge < -0.3 is 11.1 Å². The van der Waals surface area contributed by atoms with Crippen LogP contribution >= 0.6 is 11.8 Å². The van der Waals surface area contributed by atoms with Crippen LogP contribution < -0.4 is 16.4 Å². The predicted octanol–water partition coefficient (Wildman–Crippen LogP) is 6.85. The highest BCUT2D eigenvalue weighted by Gasteiger charge is 2.20. The molecule has 1 atom stereocenters. The smallest absolute Gasteiger partial charge is 0.318 e. The minimum atomic E-state index is -0.859. The van der Waals surface area contributed by atoms with Crippen LogP contribution in [0.2, 0.25) is 0 Å². The number of anilines is 1. The van der Waals surface area contributed by atoms with Crippen molar-refractivity contribution in [2.45, 2.75) is 79.7 Å². The van der Waals surface area contributed by atoms with Crippen molar-refractivity contribution in [1.29, 1.82) is 0 Å². The molecule has 0 aliphatic heterocycles. The van der Waals surface area contributed by atoms with Gasteiger partial charge in [-0.25, -0.2) is 9.78 Å². The van der Waals surface area contributed by atoms with Gasteiger partial charge in [0.2, 0.25) is 0 Å². The summed E-state index contributed by atoms with van der Waals surface area (Å²) in [6.45, 7) is 12.7. The molecular weight excluding hydrogens is 468 g/mol. The van der Waals surface area contributed by atoms with Crippen LogP contribution in [0.5, 0.6) is 0 Å². The first-order valence-corrected chi connectivity index (χ1v) is 13.7. The molecule has 0 aliphatic rings. The number of nitrogens with zero attached hydrogens (tertiary/aromatic N) is 1. The maximum Gasteiger partial charge on any atom is 0.318 e. The maximum absolute atomic E-state index is 12.5. The van der Waals surface area contributed by atoms with E-state index in [9.17, 15) is 9.59 Å². The standard InChI is InChI=1S/C29H44N4O2S/c1-21(2)9-7-10-23(5)11-8-12-25(14-13-22(3)4)16-18-36-20-26(28(34)33-29(30)35)32-27-19-24(6)15-17-31-27/h9,11,13,15-17,19,26H,7-8,10,12,14,18,20H2,1-6H3,(H,31,32)(H3,30,33,34,35)/b23-11+,25-16-. The Bertz CT molecular complexity index is 971. The topological polar surface area (TPSA) is 97.1 Å². The zero-order valence-corrected chi connectivity index (χ0v) is 23.6. The molecule has 0 radical (unpaired) electrons. The number of nitrogens with one attached hydrogen (secondary N) is 2. The van der Waals surface area contributed by atoms with Gasteiger partial charge in [0.15, 0.2) is 0 Å². The van der Waals surface area contributed by atoms with Gasteiger partial charge >= 0.3 is 6.03 Å². The summed E-state index contributed by atoms with van der Waals surface area (Å²) in [5.74, 6) is 1.38. The van der Waals surface area contributed by atoms with E-state index in [0.717, 1.165) is 43.4 Å². The number of primary amides is 1. The van der Waals surface area contributed by atoms with Crippen LogP contribution in [-0.4, -0.2) is 34.5 Å². The Labute approximate surface area is 222 Å². The normalized spacial score (nSPS) is 12.5. The Kier molecular flexibility index (Phi) is 15.3. The number of aryl methyl sites for hydroxylation is 1. The average Bonchev–Trinajstić information content (AvgIpc) is 2.78. The minimum absolute atomic E-state index is 0.458. The van der Waals surface area contributed by atoms with Crippen molar-refractivity contribution in [1.82, 2.24) is 10.3 Å². The van der Waals surface area contributed by atoms with Crippen LogP contribution in [-0.2, 0) is 4.79 Å². The number of thioether (sulfide) groups is 1. The summed E-state index contributed by atoms with van der Waals surface area (Å²) in [7, 11) is 0. The Morgan fingerprint density at radius 3 is 2.36 bits per heavy atom. The number of aromatic nitrogens is 1. The van der Waals surface area contributed by atoms with Gasteiger partial charge in [0.25, 0.3) is 5.91 Å². The average molecular weight is 513 g/mol. The molecule has 0 spiro atoms. The number of carbonyl (C=O) groups is 2. The molecule has 4 N–H and O–H groups in total. The second kappa shape index (κ2) is 17.6. The van der Waals surface area contributed by atoms with E-state index in [-0.39, 0.29) is 0 Å². The third-order valence-corrected chi connectivity index (χ3v) is 6.37. The number of rotatable bonds is 15. The third kappa shape index (κ3) is 15.2. The largest absolute Gasteiger partial charge is 0.358 e. The molecule has 0 fully saturated rings. The van der Waals surface area contributed by atoms with Gasteiger partial charge in [-0.15, -0.1) is 0 Å². The van der Waals surface area contributed by atoms with Crippen LogP contribution in [0.4, 0.5) is 10.6 Å². The summed E-state index contributed by atoms with van der Waals surface area (Å²) in [5.41, 5.74) is 11.7. The molecular formula is C29H44N4O2S. The molecule has 3 amide bonds. The lowest BCUT2D eigenvalue weighted by atomic mass is 10.0. The lowest BCUT2D eigenvalue weighted by molar-refractivity contribution is -0.120. The summed E-state index contributed by atoms with van der Waals surface area (Å²) >= 11 is 1.63. The van der Waals surface area contributed by atoms with E-state index in [1.165, 1.54) is 22.3 Å². The molecule has 0 bridgehead atoms. The molecule has 0 saturated carbocycles. The van der Waals surface area contributed by atoms with Crippen LogP contribution in [0.3, 0.4) is 0 Å². The molecule has 1 aromatic rings. The summed E-state index contributed by atoms with van der Waals surface area (Å²) in [6.07, 6.45) is 16.0. The maximum atomic E-state index is 12.5. The van der Waals surface area contributed by atoms with Gasteiger partial charge in [0.1, 0.15) is 11.9 Å². The second-order valence-electron chi connectivity index (χ2n) is 9.56. The number of hydrogen-bond acceptors (Lipinski definition) is 5. The van der Waals surface area contributed by atoms with Crippen molar-refractivity contribution < 1.29 is 9.59 Å². The van der Waals surface area contributed by atoms with E-state index >= 15 is 0 Å². The number of urea groups is 1. The number of carbonyl (C=O) groups excluding carboxylic acids is 2. The summed E-state index contributed by atoms with van der Waals surface area (Å²) in [4.78, 5) is 28.0. The summed E-state index contributed by atoms with van der Waals surface area (Å²) in [6, 6.07) is 2.26. The molecule has 0 saturated heterocycles. The second-order valence-corrected chi connectivity index (χ2v) is 10.6. The molecule has 198 valence electrons. The highest BCUT2D eigenvalue weighted by Crippen LogP contribution is 2.18. The van der Waals surface area contributed by atoms with Crippen LogP contribution in [0.25, 0.3) is 0 Å². The van der Waals surface area contributed by atoms with Crippen molar-refractivity contribution in [3.8, 4) is 0 Å². The first kappa shape index (κ1) is 31.2. The highest BCUT2D eigenvalue weighted by atomic mass is 32.2. The number of imide groups is 1. The first-order valence-electron chi connectivity index (χ1n) is 12.5. The lowest BCUT2D eigenvalue weighted by Gasteiger charge is -2.18. The Balaban J connectivity index is 2.75. The molecule has 6 nitrogen and oxygen atoms in total. The number of nitrogens with two attached hydrogens (primary N) is 1. The number of hydrogen-bond donors (Lipinski definition) is 3. The van der Waals surface area contributed by atoms with Crippen molar-refractivity contribution in [3.05, 3.63) is 70.5 Å². The number of pyridine rings is 1. The number of allylic oxidation sites excluding steroid dienone is 7. The van der Waals surface area contributed by atoms with Crippen molar-refractivity contribution in [3.63, 3.8) is 0 Å². The SMILES string of the molecule is CC(C)=CCC/C(C)=C/CC/C(=C/CSCC(Nc1cc(C)ccn1)C(=O)NC(N)=O)CC=C(C)C. The molecule has 36 heavy (non-hydrogen) atoms. The Morgan fingerprint density at radius 1 is 1.03 bits per heavy atom. The fraction of sp³-hybridized carbons (Fsp3) is 0.483. The van der Waals surface area contributed by atoms with E-state index in [2.05, 4.69) is 74.5 Å². The highest BCUT2D eigenvalue weighted by molar-refractivity contribution is 7.99. The third-order valence-electron chi connectivity index (χ3n) is 5.40. The van der Waals surface area contributed by atoms with Crippen molar-refractivity contribution >= 4 is 29.5 Å². The predicted molar refractivity (Wildman–Crippen MR) is 155 cm³/mol. The van der Waals surface area contributed by atoms with Crippen molar-refractivity contribution in [2.75, 3.05) is 16.8 Å². The van der Waals surface area contributed by atoms with Crippen LogP contribution in [0.1, 0.15) is 72.3 Å². The Hall–Kier alpha value is -2.80. The molecule has 1 heterocycles. The fourth-order valence-corrected chi connectivity index (χ4v) is 4.32. The van der Waals surface area contributed by atoms with E-state index in [4.69, 9.17) is 5.73 Å². The van der Waals surface area contributed by atoms with E-state index < -0.39 is 18.0 Å². The molecule has 0 aromatic carbocycles. The van der Waals surface area contributed by atoms with E-state index in [1.807, 2.05) is 19.1 Å². The van der Waals surface area contributed by atoms with E-state index in [0.29, 0.717) is 11.6 Å². The molecule has 1 rings (SSSR count). The van der Waals surface area contributed by atoms with Gasteiger partial charge in [0.05, 0.1) is 0 Å². The summed E-state index contributed by atoms with van der Waals surface area (Å²) < 4.78 is 0. The van der Waals surface area contributed by atoms with Gasteiger partial charge in [0, 0.05) is 17.7 Å². The monoisotopic (exact) mass is 512 g/mol. The molecule has 0 aliphatic carbocycles. The lowest BCUT2D eigenvalue weighted by Crippen LogP contribution is -2.46. The van der Waals surface area contributed by atoms with E-state index in [1.54, 1.807) is 18.0 Å². The van der Waals surface area contributed by atoms with Crippen LogP contribution in [0.15, 0.2) is 64.9 Å².